The summed E-state index contributed by atoms with van der Waals surface area (Å²) in [5.74, 6) is -4.65. The van der Waals surface area contributed by atoms with E-state index in [0.29, 0.717) is 0 Å². The topological polar surface area (TPSA) is 27.7 Å². The monoisotopic (exact) mass is 840 g/mol. The van der Waals surface area contributed by atoms with E-state index in [1.54, 1.807) is 0 Å². The average molecular weight is 840 g/mol. The maximum Gasteiger partial charge on any atom is 0.864 e. The Balaban J connectivity index is 2.50. The maximum absolute atomic E-state index is 14.7. The van der Waals surface area contributed by atoms with E-state index in [0.717, 1.165) is 0 Å². The van der Waals surface area contributed by atoms with Crippen LogP contribution in [0.3, 0.4) is 0 Å². The smallest absolute Gasteiger partial charge is 0.490 e. The molecular weight excluding hydrogens is 811 g/mol. The molecule has 23 heteroatoms. The van der Waals surface area contributed by atoms with Gasteiger partial charge in [-0.25, -0.2) is 0 Å². The second-order valence-corrected chi connectivity index (χ2v) is 12.1. The number of halogens is 18. The van der Waals surface area contributed by atoms with Crippen LogP contribution >= 0.6 is 0 Å². The van der Waals surface area contributed by atoms with E-state index in [2.05, 4.69) is 0 Å². The van der Waals surface area contributed by atoms with Crippen LogP contribution in [0, 0.1) is 0 Å². The molecule has 0 saturated carbocycles. The highest BCUT2D eigenvalue weighted by atomic mass is 19.4. The van der Waals surface area contributed by atoms with Gasteiger partial charge in [0.2, 0.25) is 0 Å². The van der Waals surface area contributed by atoms with Crippen LogP contribution in [0.1, 0.15) is 79.1 Å². The van der Waals surface area contributed by atoms with Gasteiger partial charge in [0.25, 0.3) is 0 Å². The number of hydrogen-bond acceptors (Lipinski definition) is 3. The Bertz CT molecular complexity index is 1670. The van der Waals surface area contributed by atoms with Crippen LogP contribution in [0.15, 0.2) is 48.5 Å². The lowest BCUT2D eigenvalue weighted by atomic mass is 9.91. The summed E-state index contributed by atoms with van der Waals surface area (Å²) in [6.45, 7) is 5.94. The Kier molecular flexibility index (Phi) is 13.2. The minimum atomic E-state index is -5.63. The van der Waals surface area contributed by atoms with Gasteiger partial charge in [0, 0.05) is 6.42 Å². The van der Waals surface area contributed by atoms with Crippen LogP contribution in [-0.4, -0.2) is 31.4 Å². The molecule has 0 spiro atoms. The largest absolute Gasteiger partial charge is 0.864 e. The van der Waals surface area contributed by atoms with Crippen molar-refractivity contribution in [2.75, 3.05) is 19.6 Å². The first-order valence-corrected chi connectivity index (χ1v) is 16.1. The van der Waals surface area contributed by atoms with Gasteiger partial charge < -0.3 is 18.4 Å². The number of hydrogen-bond donors (Lipinski definition) is 0. The molecule has 1 atom stereocenters. The summed E-state index contributed by atoms with van der Waals surface area (Å²) >= 11 is 0. The Morgan fingerprint density at radius 2 is 0.768 bits per heavy atom. The fourth-order valence-corrected chi connectivity index (χ4v) is 6.05. The highest BCUT2D eigenvalue weighted by molar-refractivity contribution is 6.39. The Labute approximate surface area is 306 Å². The summed E-state index contributed by atoms with van der Waals surface area (Å²) in [4.78, 5) is 0. The third-order valence-corrected chi connectivity index (χ3v) is 8.86. The molecule has 0 N–H and O–H groups in total. The summed E-state index contributed by atoms with van der Waals surface area (Å²) in [7, 11) is -3.27. The predicted molar refractivity (Wildman–Crippen MR) is 162 cm³/mol. The summed E-state index contributed by atoms with van der Waals surface area (Å²) < 4.78 is 265. The number of nitrogens with zero attached hydrogens (tertiary/aromatic N) is 1. The zero-order valence-corrected chi connectivity index (χ0v) is 29.1. The molecule has 0 aromatic heterocycles. The first-order chi connectivity index (χ1) is 25.3. The normalized spacial score (nSPS) is 14.1. The minimum absolute atomic E-state index is 0.0224. The molecule has 0 aliphatic heterocycles. The van der Waals surface area contributed by atoms with Crippen molar-refractivity contribution in [3.05, 3.63) is 87.5 Å². The van der Waals surface area contributed by atoms with Crippen LogP contribution in [0.5, 0.6) is 17.2 Å². The third-order valence-electron chi connectivity index (χ3n) is 8.86. The highest BCUT2D eigenvalue weighted by Crippen LogP contribution is 2.48. The summed E-state index contributed by atoms with van der Waals surface area (Å²) in [5.41, 5.74) is -13.5. The van der Waals surface area contributed by atoms with Crippen molar-refractivity contribution in [2.24, 2.45) is 0 Å². The van der Waals surface area contributed by atoms with Crippen molar-refractivity contribution < 1.29 is 97.5 Å². The minimum Gasteiger partial charge on any atom is -0.490 e. The van der Waals surface area contributed by atoms with Crippen molar-refractivity contribution in [1.29, 1.82) is 0 Å². The molecule has 312 valence electrons. The zero-order valence-electron chi connectivity index (χ0n) is 29.1. The molecule has 0 aliphatic rings. The predicted octanol–water partition coefficient (Wildman–Crippen LogP) is 12.6. The SMILES string of the molecule is CCC(c1c(OB(Oc2cc(C(F)(F)F)cc(C(F)(F)F)c2)Oc2cc(C(F)(F)F)cc(C(F)(F)F)c2)cc(C(F)(F)F)cc1C(F)(F)F)[N+](CC)(CC)CC. The van der Waals surface area contributed by atoms with Crippen LogP contribution in [0.25, 0.3) is 0 Å². The van der Waals surface area contributed by atoms with Crippen molar-refractivity contribution in [1.82, 2.24) is 0 Å². The van der Waals surface area contributed by atoms with Crippen molar-refractivity contribution in [3.8, 4) is 17.2 Å². The standard InChI is InChI=1S/C33H29BF18NO3/c1-5-25(53(6-2,7-3)8-4)27-24(33(50,51)52)15-21(32(47,48)49)16-26(27)56-34(54-22-11-17(28(35,36)37)9-18(12-22)29(38,39)40)55-23-13-19(30(41,42)43)10-20(14-23)31(44,45)46/h9-16,25H,5-8H2,1-4H3/q+1. The Hall–Kier alpha value is -4.18. The van der Waals surface area contributed by atoms with E-state index in [-0.39, 0.29) is 66.9 Å². The average Bonchev–Trinajstić information content (AvgIpc) is 3.04. The lowest BCUT2D eigenvalue weighted by Gasteiger charge is -2.44. The lowest BCUT2D eigenvalue weighted by molar-refractivity contribution is -0.952. The van der Waals surface area contributed by atoms with Gasteiger partial charge in [-0.15, -0.1) is 0 Å². The molecule has 3 rings (SSSR count). The van der Waals surface area contributed by atoms with E-state index in [4.69, 9.17) is 14.0 Å². The Morgan fingerprint density at radius 3 is 1.04 bits per heavy atom. The molecule has 0 heterocycles. The number of quaternary nitrogens is 1. The first-order valence-electron chi connectivity index (χ1n) is 16.1. The van der Waals surface area contributed by atoms with Gasteiger partial charge in [0.05, 0.1) is 58.6 Å². The molecule has 0 radical (unpaired) electrons. The molecular formula is C33H29BF18NO3+. The molecule has 3 aromatic carbocycles. The van der Waals surface area contributed by atoms with Gasteiger partial charge in [0.1, 0.15) is 23.3 Å². The molecule has 0 bridgehead atoms. The Morgan fingerprint density at radius 1 is 0.446 bits per heavy atom. The summed E-state index contributed by atoms with van der Waals surface area (Å²) in [6, 6.07) is -3.31. The van der Waals surface area contributed by atoms with E-state index in [1.807, 2.05) is 0 Å². The van der Waals surface area contributed by atoms with Gasteiger partial charge in [-0.1, -0.05) is 6.92 Å². The molecule has 0 amide bonds. The number of alkyl halides is 18. The molecule has 4 nitrogen and oxygen atoms in total. The lowest BCUT2D eigenvalue weighted by Crippen LogP contribution is -2.51. The van der Waals surface area contributed by atoms with E-state index < -0.39 is 119 Å². The van der Waals surface area contributed by atoms with Gasteiger partial charge in [0.15, 0.2) is 0 Å². The fraction of sp³-hybridized carbons (Fsp3) is 0.455. The van der Waals surface area contributed by atoms with Crippen molar-refractivity contribution in [3.63, 3.8) is 0 Å². The fourth-order valence-electron chi connectivity index (χ4n) is 6.05. The number of rotatable bonds is 12. The summed E-state index contributed by atoms with van der Waals surface area (Å²) in [6.07, 6.45) is -33.8. The van der Waals surface area contributed by atoms with E-state index in [1.165, 1.54) is 27.7 Å². The van der Waals surface area contributed by atoms with E-state index >= 15 is 0 Å². The summed E-state index contributed by atoms with van der Waals surface area (Å²) in [5, 5.41) is 0. The second kappa shape index (κ2) is 16.0. The van der Waals surface area contributed by atoms with Crippen LogP contribution in [-0.2, 0) is 37.1 Å². The number of benzene rings is 3. The zero-order chi connectivity index (χ0) is 43.0. The maximum atomic E-state index is 14.7. The first kappa shape index (κ1) is 46.2. The molecule has 56 heavy (non-hydrogen) atoms. The van der Waals surface area contributed by atoms with Gasteiger partial charge in [-0.3, -0.25) is 0 Å². The van der Waals surface area contributed by atoms with Crippen LogP contribution in [0.4, 0.5) is 79.0 Å². The molecule has 3 aromatic rings. The quantitative estimate of drug-likeness (QED) is 0.103. The molecule has 1 unspecified atom stereocenters. The van der Waals surface area contributed by atoms with Gasteiger partial charge in [-0.05, 0) is 69.3 Å². The van der Waals surface area contributed by atoms with Gasteiger partial charge >= 0.3 is 44.4 Å². The van der Waals surface area contributed by atoms with E-state index in [9.17, 15) is 79.0 Å². The van der Waals surface area contributed by atoms with Gasteiger partial charge in [-0.2, -0.15) is 79.0 Å². The third kappa shape index (κ3) is 10.8. The molecule has 0 saturated heterocycles. The van der Waals surface area contributed by atoms with Crippen molar-refractivity contribution >= 4 is 7.32 Å². The van der Waals surface area contributed by atoms with Crippen LogP contribution < -0.4 is 14.0 Å². The second-order valence-electron chi connectivity index (χ2n) is 12.1. The molecule has 0 fully saturated rings. The van der Waals surface area contributed by atoms with Crippen LogP contribution in [0.2, 0.25) is 0 Å². The highest BCUT2D eigenvalue weighted by Gasteiger charge is 2.48. The van der Waals surface area contributed by atoms with Crippen molar-refractivity contribution in [2.45, 2.75) is 77.2 Å². The molecule has 0 aliphatic carbocycles.